The molecule has 2 rings (SSSR count). The first-order chi connectivity index (χ1) is 11.7. The molecule has 0 saturated heterocycles. The van der Waals surface area contributed by atoms with Crippen LogP contribution in [-0.4, -0.2) is 13.7 Å². The average molecular weight is 325 g/mol. The van der Waals surface area contributed by atoms with Crippen LogP contribution in [0, 0.1) is 0 Å². The molecule has 24 heavy (non-hydrogen) atoms. The monoisotopic (exact) mass is 325 g/mol. The zero-order chi connectivity index (χ0) is 17.4. The number of aryl methyl sites for hydroxylation is 1. The van der Waals surface area contributed by atoms with Gasteiger partial charge in [-0.15, -0.1) is 6.58 Å². The van der Waals surface area contributed by atoms with Crippen molar-refractivity contribution in [3.8, 4) is 11.5 Å². The predicted octanol–water partition coefficient (Wildman–Crippen LogP) is 5.00. The standard InChI is InChI=1S/C21H27NO2/c1-5-8-18-13-17(14-20(23-4)21(18)24-7-3)15-22-19-11-9-16(6-2)10-12-19/h5,9-14,22H,1,6-8,15H2,2-4H3. The molecular formula is C21H27NO2. The molecule has 0 aliphatic carbocycles. The van der Waals surface area contributed by atoms with E-state index in [1.165, 1.54) is 5.56 Å². The van der Waals surface area contributed by atoms with Crippen LogP contribution in [0.15, 0.2) is 49.1 Å². The van der Waals surface area contributed by atoms with E-state index in [1.54, 1.807) is 7.11 Å². The number of methoxy groups -OCH3 is 1. The molecule has 128 valence electrons. The van der Waals surface area contributed by atoms with Crippen LogP contribution in [0.5, 0.6) is 11.5 Å². The molecule has 0 radical (unpaired) electrons. The van der Waals surface area contributed by atoms with Crippen LogP contribution in [0.4, 0.5) is 5.69 Å². The zero-order valence-electron chi connectivity index (χ0n) is 14.9. The van der Waals surface area contributed by atoms with Gasteiger partial charge in [-0.25, -0.2) is 0 Å². The van der Waals surface area contributed by atoms with E-state index in [0.717, 1.165) is 47.7 Å². The van der Waals surface area contributed by atoms with Gasteiger partial charge in [0.2, 0.25) is 0 Å². The lowest BCUT2D eigenvalue weighted by atomic mass is 10.1. The summed E-state index contributed by atoms with van der Waals surface area (Å²) in [5.41, 5.74) is 4.72. The molecule has 0 unspecified atom stereocenters. The number of hydrogen-bond acceptors (Lipinski definition) is 3. The van der Waals surface area contributed by atoms with Gasteiger partial charge in [0.25, 0.3) is 0 Å². The highest BCUT2D eigenvalue weighted by Crippen LogP contribution is 2.33. The number of nitrogens with one attached hydrogen (secondary N) is 1. The van der Waals surface area contributed by atoms with Crippen molar-refractivity contribution in [2.24, 2.45) is 0 Å². The molecule has 0 amide bonds. The van der Waals surface area contributed by atoms with E-state index in [1.807, 2.05) is 19.1 Å². The van der Waals surface area contributed by atoms with Gasteiger partial charge in [0.15, 0.2) is 11.5 Å². The first-order valence-electron chi connectivity index (χ1n) is 8.48. The summed E-state index contributed by atoms with van der Waals surface area (Å²) in [7, 11) is 1.68. The molecule has 0 aliphatic rings. The molecule has 0 bridgehead atoms. The van der Waals surface area contributed by atoms with Gasteiger partial charge >= 0.3 is 0 Å². The van der Waals surface area contributed by atoms with E-state index < -0.39 is 0 Å². The van der Waals surface area contributed by atoms with Gasteiger partial charge in [-0.2, -0.15) is 0 Å². The number of benzene rings is 2. The second-order valence-corrected chi connectivity index (χ2v) is 5.62. The molecule has 2 aromatic carbocycles. The average Bonchev–Trinajstić information content (AvgIpc) is 2.62. The molecule has 3 nitrogen and oxygen atoms in total. The molecule has 0 aromatic heterocycles. The number of anilines is 1. The second kappa shape index (κ2) is 9.02. The van der Waals surface area contributed by atoms with Gasteiger partial charge < -0.3 is 14.8 Å². The molecule has 0 heterocycles. The van der Waals surface area contributed by atoms with Crippen LogP contribution in [0.3, 0.4) is 0 Å². The minimum Gasteiger partial charge on any atom is -0.493 e. The van der Waals surface area contributed by atoms with Crippen LogP contribution in [0.25, 0.3) is 0 Å². The second-order valence-electron chi connectivity index (χ2n) is 5.62. The largest absolute Gasteiger partial charge is 0.493 e. The van der Waals surface area contributed by atoms with Crippen LogP contribution in [0.1, 0.15) is 30.5 Å². The topological polar surface area (TPSA) is 30.5 Å². The molecular weight excluding hydrogens is 298 g/mol. The summed E-state index contributed by atoms with van der Waals surface area (Å²) in [6, 6.07) is 12.7. The third-order valence-electron chi connectivity index (χ3n) is 3.92. The van der Waals surface area contributed by atoms with Crippen molar-refractivity contribution < 1.29 is 9.47 Å². The Morgan fingerprint density at radius 2 is 1.83 bits per heavy atom. The van der Waals surface area contributed by atoms with Gasteiger partial charge in [0.1, 0.15) is 0 Å². The van der Waals surface area contributed by atoms with E-state index in [4.69, 9.17) is 9.47 Å². The molecule has 1 N–H and O–H groups in total. The normalized spacial score (nSPS) is 10.3. The fourth-order valence-corrected chi connectivity index (χ4v) is 2.65. The fraction of sp³-hybridized carbons (Fsp3) is 0.333. The van der Waals surface area contributed by atoms with Crippen molar-refractivity contribution in [3.63, 3.8) is 0 Å². The van der Waals surface area contributed by atoms with Crippen LogP contribution < -0.4 is 14.8 Å². The zero-order valence-corrected chi connectivity index (χ0v) is 14.9. The van der Waals surface area contributed by atoms with E-state index in [9.17, 15) is 0 Å². The third-order valence-corrected chi connectivity index (χ3v) is 3.92. The smallest absolute Gasteiger partial charge is 0.164 e. The van der Waals surface area contributed by atoms with Gasteiger partial charge in [0, 0.05) is 17.8 Å². The van der Waals surface area contributed by atoms with E-state index in [2.05, 4.69) is 49.2 Å². The number of allylic oxidation sites excluding steroid dienone is 1. The lowest BCUT2D eigenvalue weighted by Gasteiger charge is -2.16. The van der Waals surface area contributed by atoms with Crippen molar-refractivity contribution in [3.05, 3.63) is 65.7 Å². The fourth-order valence-electron chi connectivity index (χ4n) is 2.65. The molecule has 3 heteroatoms. The number of rotatable bonds is 9. The summed E-state index contributed by atoms with van der Waals surface area (Å²) < 4.78 is 11.3. The van der Waals surface area contributed by atoms with Crippen molar-refractivity contribution in [1.29, 1.82) is 0 Å². The summed E-state index contributed by atoms with van der Waals surface area (Å²) in [5.74, 6) is 1.59. The highest BCUT2D eigenvalue weighted by molar-refractivity contribution is 5.52. The minimum absolute atomic E-state index is 0.613. The molecule has 0 fully saturated rings. The Labute approximate surface area is 145 Å². The van der Waals surface area contributed by atoms with Crippen LogP contribution in [0.2, 0.25) is 0 Å². The first-order valence-corrected chi connectivity index (χ1v) is 8.48. The Balaban J connectivity index is 2.19. The van der Waals surface area contributed by atoms with E-state index in [-0.39, 0.29) is 0 Å². The molecule has 0 spiro atoms. The molecule has 0 saturated carbocycles. The molecule has 2 aromatic rings. The summed E-state index contributed by atoms with van der Waals surface area (Å²) in [6.07, 6.45) is 3.70. The first kappa shape index (κ1) is 17.9. The lowest BCUT2D eigenvalue weighted by molar-refractivity contribution is 0.308. The Hall–Kier alpha value is -2.42. The van der Waals surface area contributed by atoms with Crippen molar-refractivity contribution in [2.75, 3.05) is 19.0 Å². The maximum Gasteiger partial charge on any atom is 0.164 e. The summed E-state index contributed by atoms with van der Waals surface area (Å²) in [6.45, 7) is 9.33. The van der Waals surface area contributed by atoms with Crippen molar-refractivity contribution >= 4 is 5.69 Å². The Morgan fingerprint density at radius 3 is 2.42 bits per heavy atom. The van der Waals surface area contributed by atoms with Crippen LogP contribution in [-0.2, 0) is 19.4 Å². The van der Waals surface area contributed by atoms with Crippen LogP contribution >= 0.6 is 0 Å². The van der Waals surface area contributed by atoms with Gasteiger partial charge in [-0.1, -0.05) is 25.1 Å². The highest BCUT2D eigenvalue weighted by atomic mass is 16.5. The summed E-state index contributed by atoms with van der Waals surface area (Å²) in [5, 5.41) is 3.46. The maximum atomic E-state index is 5.76. The quantitative estimate of drug-likeness (QED) is 0.658. The molecule has 0 aliphatic heterocycles. The van der Waals surface area contributed by atoms with E-state index in [0.29, 0.717) is 6.61 Å². The maximum absolute atomic E-state index is 5.76. The Bertz CT molecular complexity index is 662. The van der Waals surface area contributed by atoms with Crippen molar-refractivity contribution in [2.45, 2.75) is 33.2 Å². The number of ether oxygens (including phenoxy) is 2. The summed E-state index contributed by atoms with van der Waals surface area (Å²) in [4.78, 5) is 0. The van der Waals surface area contributed by atoms with Crippen molar-refractivity contribution in [1.82, 2.24) is 0 Å². The SMILES string of the molecule is C=CCc1cc(CNc2ccc(CC)cc2)cc(OC)c1OCC. The number of hydrogen-bond donors (Lipinski definition) is 1. The third kappa shape index (κ3) is 4.54. The Morgan fingerprint density at radius 1 is 1.08 bits per heavy atom. The highest BCUT2D eigenvalue weighted by Gasteiger charge is 2.12. The minimum atomic E-state index is 0.613. The van der Waals surface area contributed by atoms with Gasteiger partial charge in [-0.05, 0) is 55.2 Å². The van der Waals surface area contributed by atoms with Gasteiger partial charge in [-0.3, -0.25) is 0 Å². The summed E-state index contributed by atoms with van der Waals surface area (Å²) >= 11 is 0. The van der Waals surface area contributed by atoms with Gasteiger partial charge in [0.05, 0.1) is 13.7 Å². The molecule has 0 atom stereocenters. The lowest BCUT2D eigenvalue weighted by Crippen LogP contribution is -2.04. The Kier molecular flexibility index (Phi) is 6.74. The predicted molar refractivity (Wildman–Crippen MR) is 101 cm³/mol. The van der Waals surface area contributed by atoms with E-state index >= 15 is 0 Å².